The third-order valence-corrected chi connectivity index (χ3v) is 2.15. The van der Waals surface area contributed by atoms with Crippen LogP contribution in [-0.2, 0) is 14.4 Å². The van der Waals surface area contributed by atoms with Crippen LogP contribution >= 0.6 is 0 Å². The van der Waals surface area contributed by atoms with Crippen LogP contribution in [0.3, 0.4) is 0 Å². The van der Waals surface area contributed by atoms with E-state index in [0.717, 1.165) is 4.90 Å². The van der Waals surface area contributed by atoms with Gasteiger partial charge in [-0.15, -0.1) is 0 Å². The number of nitrogens with one attached hydrogen (secondary N) is 1. The largest absolute Gasteiger partial charge is 0.480 e. The van der Waals surface area contributed by atoms with E-state index in [1.165, 1.54) is 6.92 Å². The second kappa shape index (κ2) is 6.39. The number of rotatable bonds is 5. The maximum absolute atomic E-state index is 11.8. The average Bonchev–Trinajstić information content (AvgIpc) is 2.34. The van der Waals surface area contributed by atoms with Crippen molar-refractivity contribution in [2.75, 3.05) is 18.0 Å². The molecule has 0 unspecified atom stereocenters. The molecule has 6 nitrogen and oxygen atoms in total. The molecule has 0 aliphatic carbocycles. The summed E-state index contributed by atoms with van der Waals surface area (Å²) in [5, 5.41) is 11.1. The van der Waals surface area contributed by atoms with Crippen molar-refractivity contribution < 1.29 is 19.5 Å². The van der Waals surface area contributed by atoms with Gasteiger partial charge in [0.2, 0.25) is 11.8 Å². The van der Waals surface area contributed by atoms with E-state index >= 15 is 0 Å². The number of amides is 2. The smallest absolute Gasteiger partial charge is 0.323 e. The normalized spacial score (nSPS) is 9.61. The lowest BCUT2D eigenvalue weighted by atomic mass is 10.2. The number of carbonyl (C=O) groups excluding carboxylic acids is 2. The first kappa shape index (κ1) is 13.7. The summed E-state index contributed by atoms with van der Waals surface area (Å²) in [6, 6.07) is 8.44. The molecular weight excluding hydrogens is 236 g/mol. The third kappa shape index (κ3) is 4.25. The van der Waals surface area contributed by atoms with Crippen molar-refractivity contribution >= 4 is 23.5 Å². The zero-order valence-corrected chi connectivity index (χ0v) is 9.92. The van der Waals surface area contributed by atoms with Crippen LogP contribution in [-0.4, -0.2) is 36.0 Å². The number of carbonyl (C=O) groups is 3. The molecule has 96 valence electrons. The zero-order valence-electron chi connectivity index (χ0n) is 9.92. The second-order valence-corrected chi connectivity index (χ2v) is 3.62. The molecule has 1 aromatic carbocycles. The highest BCUT2D eigenvalue weighted by atomic mass is 16.4. The maximum atomic E-state index is 11.8. The van der Waals surface area contributed by atoms with Gasteiger partial charge in [-0.05, 0) is 12.1 Å². The summed E-state index contributed by atoms with van der Waals surface area (Å²) in [4.78, 5) is 34.4. The van der Waals surface area contributed by atoms with E-state index in [-0.39, 0.29) is 12.5 Å². The first-order valence-corrected chi connectivity index (χ1v) is 5.32. The van der Waals surface area contributed by atoms with E-state index in [1.54, 1.807) is 30.3 Å². The zero-order chi connectivity index (χ0) is 13.5. The number of hydrogen-bond donors (Lipinski definition) is 2. The minimum Gasteiger partial charge on any atom is -0.480 e. The van der Waals surface area contributed by atoms with Crippen molar-refractivity contribution in [2.24, 2.45) is 0 Å². The van der Waals surface area contributed by atoms with Crippen LogP contribution in [0.2, 0.25) is 0 Å². The van der Waals surface area contributed by atoms with Gasteiger partial charge in [-0.25, -0.2) is 0 Å². The van der Waals surface area contributed by atoms with Crippen molar-refractivity contribution in [1.29, 1.82) is 0 Å². The van der Waals surface area contributed by atoms with Crippen LogP contribution in [0.5, 0.6) is 0 Å². The summed E-state index contributed by atoms with van der Waals surface area (Å²) in [6.07, 6.45) is 0. The number of carboxylic acid groups (broad SMARTS) is 1. The Morgan fingerprint density at radius 2 is 1.83 bits per heavy atom. The van der Waals surface area contributed by atoms with Gasteiger partial charge in [0.15, 0.2) is 0 Å². The second-order valence-electron chi connectivity index (χ2n) is 3.62. The van der Waals surface area contributed by atoms with Crippen LogP contribution in [0.15, 0.2) is 30.3 Å². The molecule has 6 heteroatoms. The average molecular weight is 250 g/mol. The lowest BCUT2D eigenvalue weighted by molar-refractivity contribution is -0.136. The standard InChI is InChI=1S/C12H14N2O4/c1-9(15)13-7-11(16)14(8-12(17)18)10-5-3-2-4-6-10/h2-6H,7-8H2,1H3,(H,13,15)(H,17,18). The molecule has 0 aromatic heterocycles. The van der Waals surface area contributed by atoms with Gasteiger partial charge in [0.25, 0.3) is 0 Å². The van der Waals surface area contributed by atoms with E-state index < -0.39 is 18.4 Å². The minimum absolute atomic E-state index is 0.225. The highest BCUT2D eigenvalue weighted by Gasteiger charge is 2.18. The van der Waals surface area contributed by atoms with Gasteiger partial charge in [-0.3, -0.25) is 19.3 Å². The number of anilines is 1. The van der Waals surface area contributed by atoms with Crippen molar-refractivity contribution in [3.8, 4) is 0 Å². The molecule has 0 aliphatic rings. The number of aliphatic carboxylic acids is 1. The van der Waals surface area contributed by atoms with Gasteiger partial charge in [0.05, 0.1) is 6.54 Å². The molecule has 1 aromatic rings. The Morgan fingerprint density at radius 3 is 2.33 bits per heavy atom. The fraction of sp³-hybridized carbons (Fsp3) is 0.250. The molecular formula is C12H14N2O4. The van der Waals surface area contributed by atoms with Crippen molar-refractivity contribution in [3.05, 3.63) is 30.3 Å². The summed E-state index contributed by atoms with van der Waals surface area (Å²) in [6.45, 7) is 0.622. The van der Waals surface area contributed by atoms with Gasteiger partial charge in [-0.2, -0.15) is 0 Å². The monoisotopic (exact) mass is 250 g/mol. The lowest BCUT2D eigenvalue weighted by Crippen LogP contribution is -2.42. The SMILES string of the molecule is CC(=O)NCC(=O)N(CC(=O)O)c1ccccc1. The predicted octanol–water partition coefficient (Wildman–Crippen LogP) is 0.240. The quantitative estimate of drug-likeness (QED) is 0.783. The topological polar surface area (TPSA) is 86.7 Å². The highest BCUT2D eigenvalue weighted by Crippen LogP contribution is 2.12. The first-order chi connectivity index (χ1) is 8.50. The van der Waals surface area contributed by atoms with E-state index in [9.17, 15) is 14.4 Å². The van der Waals surface area contributed by atoms with Gasteiger partial charge < -0.3 is 10.4 Å². The summed E-state index contributed by atoms with van der Waals surface area (Å²) in [7, 11) is 0. The van der Waals surface area contributed by atoms with E-state index in [2.05, 4.69) is 5.32 Å². The Kier molecular flexibility index (Phi) is 4.86. The van der Waals surface area contributed by atoms with Crippen molar-refractivity contribution in [2.45, 2.75) is 6.92 Å². The molecule has 0 saturated carbocycles. The van der Waals surface area contributed by atoms with E-state index in [4.69, 9.17) is 5.11 Å². The molecule has 2 amide bonds. The van der Waals surface area contributed by atoms with Crippen LogP contribution in [0.1, 0.15) is 6.92 Å². The molecule has 0 saturated heterocycles. The van der Waals surface area contributed by atoms with Crippen molar-refractivity contribution in [1.82, 2.24) is 5.32 Å². The fourth-order valence-electron chi connectivity index (χ4n) is 1.36. The lowest BCUT2D eigenvalue weighted by Gasteiger charge is -2.20. The van der Waals surface area contributed by atoms with Crippen LogP contribution in [0.25, 0.3) is 0 Å². The van der Waals surface area contributed by atoms with Gasteiger partial charge >= 0.3 is 5.97 Å². The Balaban J connectivity index is 2.81. The Hall–Kier alpha value is -2.37. The fourth-order valence-corrected chi connectivity index (χ4v) is 1.36. The molecule has 18 heavy (non-hydrogen) atoms. The molecule has 0 heterocycles. The first-order valence-electron chi connectivity index (χ1n) is 5.32. The Morgan fingerprint density at radius 1 is 1.22 bits per heavy atom. The molecule has 0 spiro atoms. The molecule has 0 radical (unpaired) electrons. The van der Waals surface area contributed by atoms with Crippen molar-refractivity contribution in [3.63, 3.8) is 0 Å². The number of nitrogens with zero attached hydrogens (tertiary/aromatic N) is 1. The minimum atomic E-state index is -1.12. The molecule has 2 N–H and O–H groups in total. The molecule has 0 fully saturated rings. The van der Waals surface area contributed by atoms with Gasteiger partial charge in [-0.1, -0.05) is 18.2 Å². The molecule has 0 bridgehead atoms. The number of benzene rings is 1. The number of hydrogen-bond acceptors (Lipinski definition) is 3. The third-order valence-electron chi connectivity index (χ3n) is 2.15. The highest BCUT2D eigenvalue weighted by molar-refractivity contribution is 5.99. The molecule has 0 aliphatic heterocycles. The number of para-hydroxylation sites is 1. The van der Waals surface area contributed by atoms with Gasteiger partial charge in [0, 0.05) is 12.6 Å². The summed E-state index contributed by atoms with van der Waals surface area (Å²) in [5.41, 5.74) is 0.482. The number of carboxylic acids is 1. The summed E-state index contributed by atoms with van der Waals surface area (Å²) < 4.78 is 0. The Labute approximate surface area is 104 Å². The molecule has 0 atom stereocenters. The predicted molar refractivity (Wildman–Crippen MR) is 65.1 cm³/mol. The Bertz CT molecular complexity index is 445. The van der Waals surface area contributed by atoms with Crippen LogP contribution in [0, 0.1) is 0 Å². The van der Waals surface area contributed by atoms with E-state index in [1.807, 2.05) is 0 Å². The molecule has 1 rings (SSSR count). The van der Waals surface area contributed by atoms with Crippen LogP contribution in [0.4, 0.5) is 5.69 Å². The summed E-state index contributed by atoms with van der Waals surface area (Å²) >= 11 is 0. The summed E-state index contributed by atoms with van der Waals surface area (Å²) in [5.74, 6) is -1.93. The van der Waals surface area contributed by atoms with Crippen LogP contribution < -0.4 is 10.2 Å². The van der Waals surface area contributed by atoms with Gasteiger partial charge in [0.1, 0.15) is 6.54 Å². The maximum Gasteiger partial charge on any atom is 0.323 e. The van der Waals surface area contributed by atoms with E-state index in [0.29, 0.717) is 5.69 Å².